The molecule has 0 aliphatic carbocycles. The van der Waals surface area contributed by atoms with Gasteiger partial charge in [-0.1, -0.05) is 30.3 Å². The van der Waals surface area contributed by atoms with Crippen LogP contribution in [0.25, 0.3) is 0 Å². The Morgan fingerprint density at radius 1 is 1.04 bits per heavy atom. The van der Waals surface area contributed by atoms with Crippen LogP contribution in [0.4, 0.5) is 10.5 Å². The summed E-state index contributed by atoms with van der Waals surface area (Å²) in [5.74, 6) is -0.238. The van der Waals surface area contributed by atoms with Gasteiger partial charge in [-0.3, -0.25) is 4.79 Å². The molecule has 0 saturated carbocycles. The molecule has 2 aromatic carbocycles. The van der Waals surface area contributed by atoms with Crippen molar-refractivity contribution < 1.29 is 18.0 Å². The van der Waals surface area contributed by atoms with Crippen molar-refractivity contribution in [1.82, 2.24) is 10.6 Å². The predicted octanol–water partition coefficient (Wildman–Crippen LogP) is 1.72. The lowest BCUT2D eigenvalue weighted by atomic mass is 10.1. The first kappa shape index (κ1) is 20.4. The Hall–Kier alpha value is -2.91. The third kappa shape index (κ3) is 6.72. The molecule has 0 aromatic heterocycles. The highest BCUT2D eigenvalue weighted by Crippen LogP contribution is 2.15. The Balaban J connectivity index is 1.75. The molecule has 3 amide bonds. The molecule has 2 aromatic rings. The summed E-state index contributed by atoms with van der Waals surface area (Å²) in [4.78, 5) is 23.7. The van der Waals surface area contributed by atoms with Crippen LogP contribution in [-0.2, 0) is 14.8 Å². The van der Waals surface area contributed by atoms with Crippen LogP contribution in [0.5, 0.6) is 0 Å². The van der Waals surface area contributed by atoms with Crippen molar-refractivity contribution in [3.63, 3.8) is 0 Å². The molecule has 0 saturated heterocycles. The first-order chi connectivity index (χ1) is 12.8. The number of para-hydroxylation sites is 1. The minimum atomic E-state index is -3.74. The molecule has 0 bridgehead atoms. The number of hydrogen-bond acceptors (Lipinski definition) is 4. The number of carbonyl (C=O) groups is 2. The van der Waals surface area contributed by atoms with Gasteiger partial charge in [-0.15, -0.1) is 0 Å². The van der Waals surface area contributed by atoms with Gasteiger partial charge in [0.2, 0.25) is 15.9 Å². The standard InChI is InChI=1S/C18H22N4O4S/c1-13(14-7-9-16(10-8-14)27(19,25)26)21-17(23)11-12-20-18(24)22-15-5-3-2-4-6-15/h2-10,13H,11-12H2,1H3,(H,21,23)(H2,19,25,26)(H2,20,22,24)/t13-/m1/s1. The molecule has 0 aliphatic heterocycles. The van der Waals surface area contributed by atoms with E-state index in [0.717, 1.165) is 5.56 Å². The monoisotopic (exact) mass is 390 g/mol. The summed E-state index contributed by atoms with van der Waals surface area (Å²) in [7, 11) is -3.74. The van der Waals surface area contributed by atoms with Crippen LogP contribution in [0.2, 0.25) is 0 Å². The van der Waals surface area contributed by atoms with Crippen LogP contribution in [0, 0.1) is 0 Å². The van der Waals surface area contributed by atoms with Gasteiger partial charge in [0.05, 0.1) is 10.9 Å². The summed E-state index contributed by atoms with van der Waals surface area (Å²) >= 11 is 0. The summed E-state index contributed by atoms with van der Waals surface area (Å²) in [6, 6.07) is 14.2. The zero-order valence-corrected chi connectivity index (χ0v) is 15.6. The lowest BCUT2D eigenvalue weighted by molar-refractivity contribution is -0.121. The summed E-state index contributed by atoms with van der Waals surface area (Å²) in [5.41, 5.74) is 1.40. The fourth-order valence-corrected chi connectivity index (χ4v) is 2.84. The number of nitrogens with one attached hydrogen (secondary N) is 3. The fraction of sp³-hybridized carbons (Fsp3) is 0.222. The minimum Gasteiger partial charge on any atom is -0.350 e. The number of rotatable bonds is 7. The summed E-state index contributed by atoms with van der Waals surface area (Å²) in [6.45, 7) is 1.96. The molecule has 0 unspecified atom stereocenters. The topological polar surface area (TPSA) is 130 Å². The second kappa shape index (κ2) is 9.15. The van der Waals surface area contributed by atoms with Crippen LogP contribution in [0.3, 0.4) is 0 Å². The van der Waals surface area contributed by atoms with Crippen LogP contribution in [0.1, 0.15) is 24.9 Å². The Morgan fingerprint density at radius 2 is 1.67 bits per heavy atom. The summed E-state index contributed by atoms with van der Waals surface area (Å²) < 4.78 is 22.5. The van der Waals surface area contributed by atoms with E-state index in [-0.39, 0.29) is 35.8 Å². The van der Waals surface area contributed by atoms with Crippen LogP contribution in [-0.4, -0.2) is 26.9 Å². The van der Waals surface area contributed by atoms with E-state index in [2.05, 4.69) is 16.0 Å². The third-order valence-electron chi connectivity index (χ3n) is 3.76. The molecule has 0 fully saturated rings. The second-order valence-electron chi connectivity index (χ2n) is 5.90. The van der Waals surface area contributed by atoms with Crippen LogP contribution >= 0.6 is 0 Å². The van der Waals surface area contributed by atoms with Crippen molar-refractivity contribution in [2.75, 3.05) is 11.9 Å². The van der Waals surface area contributed by atoms with E-state index in [9.17, 15) is 18.0 Å². The molecule has 8 nitrogen and oxygen atoms in total. The van der Waals surface area contributed by atoms with Crippen molar-refractivity contribution in [2.45, 2.75) is 24.3 Å². The Morgan fingerprint density at radius 3 is 2.26 bits per heavy atom. The molecule has 1 atom stereocenters. The average Bonchev–Trinajstić information content (AvgIpc) is 2.62. The molecular formula is C18H22N4O4S. The van der Waals surface area contributed by atoms with Crippen LogP contribution in [0.15, 0.2) is 59.5 Å². The maximum Gasteiger partial charge on any atom is 0.319 e. The van der Waals surface area contributed by atoms with E-state index in [1.54, 1.807) is 43.3 Å². The van der Waals surface area contributed by atoms with Crippen LogP contribution < -0.4 is 21.1 Å². The summed E-state index contributed by atoms with van der Waals surface area (Å²) in [6.07, 6.45) is 0.113. The number of hydrogen-bond donors (Lipinski definition) is 4. The van der Waals surface area contributed by atoms with Gasteiger partial charge in [0, 0.05) is 18.7 Å². The van der Waals surface area contributed by atoms with Gasteiger partial charge < -0.3 is 16.0 Å². The van der Waals surface area contributed by atoms with Crippen molar-refractivity contribution in [2.24, 2.45) is 5.14 Å². The van der Waals surface area contributed by atoms with Gasteiger partial charge in [-0.25, -0.2) is 18.4 Å². The molecule has 0 aliphatic rings. The average molecular weight is 390 g/mol. The fourth-order valence-electron chi connectivity index (χ4n) is 2.33. The first-order valence-electron chi connectivity index (χ1n) is 8.28. The molecule has 0 spiro atoms. The molecule has 0 radical (unpaired) electrons. The zero-order chi connectivity index (χ0) is 19.9. The maximum absolute atomic E-state index is 12.0. The molecule has 5 N–H and O–H groups in total. The highest BCUT2D eigenvalue weighted by molar-refractivity contribution is 7.89. The number of benzene rings is 2. The first-order valence-corrected chi connectivity index (χ1v) is 9.82. The highest BCUT2D eigenvalue weighted by Gasteiger charge is 2.12. The van der Waals surface area contributed by atoms with E-state index in [1.807, 2.05) is 6.07 Å². The number of carbonyl (C=O) groups excluding carboxylic acids is 2. The number of sulfonamides is 1. The molecule has 9 heteroatoms. The van der Waals surface area contributed by atoms with E-state index in [4.69, 9.17) is 5.14 Å². The summed E-state index contributed by atoms with van der Waals surface area (Å²) in [5, 5.41) is 13.1. The SMILES string of the molecule is C[C@@H](NC(=O)CCNC(=O)Nc1ccccc1)c1ccc(S(N)(=O)=O)cc1. The molecule has 2 rings (SSSR count). The lowest BCUT2D eigenvalue weighted by Crippen LogP contribution is -2.34. The largest absolute Gasteiger partial charge is 0.350 e. The number of primary sulfonamides is 1. The van der Waals surface area contributed by atoms with Gasteiger partial charge in [0.15, 0.2) is 0 Å². The lowest BCUT2D eigenvalue weighted by Gasteiger charge is -2.15. The van der Waals surface area contributed by atoms with Crippen molar-refractivity contribution in [3.8, 4) is 0 Å². The predicted molar refractivity (Wildman–Crippen MR) is 102 cm³/mol. The van der Waals surface area contributed by atoms with Crippen molar-refractivity contribution >= 4 is 27.6 Å². The minimum absolute atomic E-state index is 0.0124. The van der Waals surface area contributed by atoms with Gasteiger partial charge >= 0.3 is 6.03 Å². The highest BCUT2D eigenvalue weighted by atomic mass is 32.2. The van der Waals surface area contributed by atoms with Gasteiger partial charge in [-0.2, -0.15) is 0 Å². The molecule has 144 valence electrons. The third-order valence-corrected chi connectivity index (χ3v) is 4.68. The van der Waals surface area contributed by atoms with Crippen molar-refractivity contribution in [1.29, 1.82) is 0 Å². The van der Waals surface area contributed by atoms with Gasteiger partial charge in [-0.05, 0) is 36.8 Å². The Kier molecular flexibility index (Phi) is 6.91. The smallest absolute Gasteiger partial charge is 0.319 e. The number of anilines is 1. The molecule has 27 heavy (non-hydrogen) atoms. The van der Waals surface area contributed by atoms with Gasteiger partial charge in [0.25, 0.3) is 0 Å². The van der Waals surface area contributed by atoms with E-state index in [0.29, 0.717) is 5.69 Å². The maximum atomic E-state index is 12.0. The zero-order valence-electron chi connectivity index (χ0n) is 14.8. The molecular weight excluding hydrogens is 368 g/mol. The Bertz CT molecular complexity index is 883. The number of urea groups is 1. The van der Waals surface area contributed by atoms with E-state index < -0.39 is 10.0 Å². The molecule has 0 heterocycles. The second-order valence-corrected chi connectivity index (χ2v) is 7.46. The van der Waals surface area contributed by atoms with Crippen molar-refractivity contribution in [3.05, 3.63) is 60.2 Å². The number of nitrogens with two attached hydrogens (primary N) is 1. The van der Waals surface area contributed by atoms with Gasteiger partial charge in [0.1, 0.15) is 0 Å². The number of amides is 3. The van der Waals surface area contributed by atoms with E-state index in [1.165, 1.54) is 12.1 Å². The normalized spacial score (nSPS) is 12.1. The van der Waals surface area contributed by atoms with E-state index >= 15 is 0 Å². The Labute approximate surface area is 158 Å². The quantitative estimate of drug-likeness (QED) is 0.573.